The number of ether oxygens (including phenoxy) is 3. The van der Waals surface area contributed by atoms with Gasteiger partial charge in [-0.2, -0.15) is 0 Å². The van der Waals surface area contributed by atoms with Crippen molar-refractivity contribution in [1.29, 1.82) is 0 Å². The van der Waals surface area contributed by atoms with Gasteiger partial charge >= 0.3 is 0 Å². The van der Waals surface area contributed by atoms with Crippen LogP contribution in [0.4, 0.5) is 0 Å². The van der Waals surface area contributed by atoms with Crippen molar-refractivity contribution in [3.8, 4) is 0 Å². The molecule has 2 N–H and O–H groups in total. The zero-order valence-electron chi connectivity index (χ0n) is 15.0. The van der Waals surface area contributed by atoms with Crippen LogP contribution in [0.1, 0.15) is 26.9 Å². The predicted molar refractivity (Wildman–Crippen MR) is 90.9 cm³/mol. The fourth-order valence-corrected chi connectivity index (χ4v) is 3.12. The van der Waals surface area contributed by atoms with E-state index in [9.17, 15) is 9.46 Å². The minimum absolute atomic E-state index is 0.144. The van der Waals surface area contributed by atoms with Gasteiger partial charge in [0.2, 0.25) is 7.37 Å². The molecule has 0 bridgehead atoms. The van der Waals surface area contributed by atoms with Crippen LogP contribution in [0.25, 0.3) is 0 Å². The first-order valence-electron chi connectivity index (χ1n) is 8.29. The van der Waals surface area contributed by atoms with Crippen molar-refractivity contribution < 1.29 is 30.1 Å². The molecule has 24 heavy (non-hydrogen) atoms. The molecule has 1 aromatic rings. The second kappa shape index (κ2) is 8.39. The molecule has 0 radical (unpaired) electrons. The average molecular weight is 357 g/mol. The fourth-order valence-electron chi connectivity index (χ4n) is 2.65. The van der Waals surface area contributed by atoms with Crippen LogP contribution in [0.2, 0.25) is 0 Å². The third-order valence-electron chi connectivity index (χ3n) is 3.69. The van der Waals surface area contributed by atoms with Gasteiger partial charge in [-0.05, 0) is 25.5 Å². The third kappa shape index (κ3) is 4.76. The molecule has 2 rings (SSSR count). The fraction of sp³-hybridized carbons (Fsp3) is 0.529. The lowest BCUT2D eigenvalue weighted by molar-refractivity contribution is -0.0694. The van der Waals surface area contributed by atoms with Crippen molar-refractivity contribution in [3.63, 3.8) is 0 Å². The van der Waals surface area contributed by atoms with Gasteiger partial charge in [-0.1, -0.05) is 30.3 Å². The van der Waals surface area contributed by atoms with Crippen molar-refractivity contribution in [2.75, 3.05) is 13.5 Å². The topological polar surface area (TPSA) is 85.2 Å². The van der Waals surface area contributed by atoms with Gasteiger partial charge in [0.25, 0.3) is 0 Å². The highest BCUT2D eigenvalue weighted by Crippen LogP contribution is 2.43. The molecule has 1 aliphatic heterocycles. The highest BCUT2D eigenvalue weighted by molar-refractivity contribution is 7.61. The van der Waals surface area contributed by atoms with Gasteiger partial charge < -0.3 is 24.2 Å². The lowest BCUT2D eigenvalue weighted by Gasteiger charge is -2.24. The first-order chi connectivity index (χ1) is 11.8. The zero-order chi connectivity index (χ0) is 18.6. The first-order valence-corrected chi connectivity index (χ1v) is 9.71. The molecule has 0 amide bonds. The van der Waals surface area contributed by atoms with Crippen LogP contribution in [0.5, 0.6) is 0 Å². The van der Waals surface area contributed by atoms with Crippen LogP contribution in [-0.4, -0.2) is 47.9 Å². The Morgan fingerprint density at radius 3 is 2.58 bits per heavy atom. The summed E-state index contributed by atoms with van der Waals surface area (Å²) in [6.07, 6.45) is -3.50. The van der Waals surface area contributed by atoms with E-state index >= 15 is 0 Å². The van der Waals surface area contributed by atoms with Crippen molar-refractivity contribution >= 4 is 7.37 Å². The van der Waals surface area contributed by atoms with Crippen LogP contribution >= 0.6 is 7.37 Å². The summed E-state index contributed by atoms with van der Waals surface area (Å²) in [6.45, 7) is 3.72. The summed E-state index contributed by atoms with van der Waals surface area (Å²) in [7, 11) is -2.39. The molecule has 1 saturated heterocycles. The molecule has 0 aromatic heterocycles. The van der Waals surface area contributed by atoms with Crippen LogP contribution in [0.15, 0.2) is 42.2 Å². The molecule has 1 heterocycles. The number of aliphatic hydroxyl groups is 1. The standard InChI is InChI=1S/C17H25O6P/c1-12(2)22-16-14(9-10-24(19,20)11-18)23-15(17(16)21-3)13-7-5-4-6-8-13/h4-10,12,14-18H,11H2,1-3H3,(H,19,20)/b10-9+/t14-,15+,16-,17+/m1/s1/i9D. The van der Waals surface area contributed by atoms with Gasteiger partial charge in [-0.3, -0.25) is 4.57 Å². The Morgan fingerprint density at radius 1 is 1.38 bits per heavy atom. The van der Waals surface area contributed by atoms with Gasteiger partial charge in [0.1, 0.15) is 30.8 Å². The Balaban J connectivity index is 2.38. The molecule has 1 aliphatic rings. The van der Waals surface area contributed by atoms with Crippen molar-refractivity contribution in [3.05, 3.63) is 47.8 Å². The van der Waals surface area contributed by atoms with E-state index in [1.54, 1.807) is 7.11 Å². The maximum absolute atomic E-state index is 11.8. The first kappa shape index (κ1) is 17.8. The van der Waals surface area contributed by atoms with Crippen molar-refractivity contribution in [2.45, 2.75) is 44.4 Å². The van der Waals surface area contributed by atoms with E-state index in [1.165, 1.54) is 0 Å². The highest BCUT2D eigenvalue weighted by Gasteiger charge is 2.45. The molecule has 7 heteroatoms. The molecule has 0 aliphatic carbocycles. The Labute approximate surface area is 143 Å². The highest BCUT2D eigenvalue weighted by atomic mass is 31.2. The Hall–Kier alpha value is -1.01. The predicted octanol–water partition coefficient (Wildman–Crippen LogP) is 2.67. The Morgan fingerprint density at radius 2 is 2.04 bits per heavy atom. The smallest absolute Gasteiger partial charge is 0.246 e. The van der Waals surface area contributed by atoms with E-state index in [1.807, 2.05) is 44.2 Å². The maximum atomic E-state index is 11.8. The number of aliphatic hydroxyl groups excluding tert-OH is 1. The molecular weight excluding hydrogens is 331 g/mol. The van der Waals surface area contributed by atoms with E-state index < -0.39 is 38.1 Å². The molecule has 5 atom stereocenters. The molecule has 0 saturated carbocycles. The normalized spacial score (nSPS) is 31.1. The molecular formula is C17H25O6P. The molecule has 6 nitrogen and oxygen atoms in total. The zero-order valence-corrected chi connectivity index (χ0v) is 14.9. The minimum Gasteiger partial charge on any atom is -0.386 e. The summed E-state index contributed by atoms with van der Waals surface area (Å²) >= 11 is 0. The van der Waals surface area contributed by atoms with E-state index in [-0.39, 0.29) is 12.2 Å². The summed E-state index contributed by atoms with van der Waals surface area (Å²) in [5, 5.41) is 8.99. The Bertz CT molecular complexity index is 635. The maximum Gasteiger partial charge on any atom is 0.246 e. The van der Waals surface area contributed by atoms with Crippen LogP contribution < -0.4 is 0 Å². The Kier molecular flexibility index (Phi) is 6.22. The molecule has 1 aromatic carbocycles. The summed E-state index contributed by atoms with van der Waals surface area (Å²) < 4.78 is 37.4. The minimum atomic E-state index is -3.93. The number of rotatable bonds is 7. The van der Waals surface area contributed by atoms with Crippen LogP contribution in [0, 0.1) is 0 Å². The third-order valence-corrected chi connectivity index (χ3v) is 4.64. The van der Waals surface area contributed by atoms with E-state index in [4.69, 9.17) is 20.7 Å². The number of hydrogen-bond acceptors (Lipinski definition) is 5. The lowest BCUT2D eigenvalue weighted by atomic mass is 10.0. The second-order valence-corrected chi connectivity index (χ2v) is 7.98. The SMILES string of the molecule is [2H]/C(=C\P(=O)(O)CO)[C@H]1O[C@@H](c2ccccc2)[C@H](OC)[C@@H]1OC(C)C. The summed E-state index contributed by atoms with van der Waals surface area (Å²) in [4.78, 5) is 9.61. The molecule has 0 spiro atoms. The molecule has 134 valence electrons. The van der Waals surface area contributed by atoms with Gasteiger partial charge in [-0.15, -0.1) is 0 Å². The number of hydrogen-bond donors (Lipinski definition) is 2. The summed E-state index contributed by atoms with van der Waals surface area (Å²) in [5.41, 5.74) is 0.872. The number of methoxy groups -OCH3 is 1. The van der Waals surface area contributed by atoms with E-state index in [2.05, 4.69) is 0 Å². The summed E-state index contributed by atoms with van der Waals surface area (Å²) in [6, 6.07) is 9.22. The van der Waals surface area contributed by atoms with E-state index in [0.717, 1.165) is 11.4 Å². The number of benzene rings is 1. The van der Waals surface area contributed by atoms with Gasteiger partial charge in [-0.25, -0.2) is 0 Å². The lowest BCUT2D eigenvalue weighted by Crippen LogP contribution is -2.36. The molecule has 1 fully saturated rings. The molecule has 1 unspecified atom stereocenters. The monoisotopic (exact) mass is 357 g/mol. The quantitative estimate of drug-likeness (QED) is 0.730. The van der Waals surface area contributed by atoms with Crippen LogP contribution in [0.3, 0.4) is 0 Å². The van der Waals surface area contributed by atoms with Gasteiger partial charge in [0.05, 0.1) is 7.47 Å². The summed E-state index contributed by atoms with van der Waals surface area (Å²) in [5.74, 6) is 0.856. The van der Waals surface area contributed by atoms with Crippen molar-refractivity contribution in [1.82, 2.24) is 0 Å². The van der Waals surface area contributed by atoms with E-state index in [0.29, 0.717) is 0 Å². The average Bonchev–Trinajstić information content (AvgIpc) is 2.93. The van der Waals surface area contributed by atoms with Gasteiger partial charge in [0.15, 0.2) is 0 Å². The second-order valence-electron chi connectivity index (χ2n) is 5.93. The van der Waals surface area contributed by atoms with Gasteiger partial charge in [0, 0.05) is 12.9 Å². The largest absolute Gasteiger partial charge is 0.386 e. The van der Waals surface area contributed by atoms with Crippen LogP contribution in [-0.2, 0) is 18.8 Å². The van der Waals surface area contributed by atoms with Crippen molar-refractivity contribution in [2.24, 2.45) is 0 Å².